The van der Waals surface area contributed by atoms with Crippen LogP contribution in [0.4, 0.5) is 0 Å². The smallest absolute Gasteiger partial charge is 0.0649 e. The van der Waals surface area contributed by atoms with E-state index in [1.165, 1.54) is 5.75 Å². The third-order valence-electron chi connectivity index (χ3n) is 1.01. The summed E-state index contributed by atoms with van der Waals surface area (Å²) in [7, 11) is 0. The predicted molar refractivity (Wildman–Crippen MR) is 48.0 cm³/mol. The second-order valence-corrected chi connectivity index (χ2v) is 3.46. The van der Waals surface area contributed by atoms with Crippen molar-refractivity contribution >= 4 is 11.8 Å². The largest absolute Gasteiger partial charge is 0.315 e. The molecule has 0 unspecified atom stereocenters. The number of hydrogen-bond donors (Lipinski definition) is 3. The summed E-state index contributed by atoms with van der Waals surface area (Å²) in [5.74, 6) is 2.32. The van der Waals surface area contributed by atoms with Crippen LogP contribution in [-0.4, -0.2) is 30.8 Å². The Bertz CT molecular complexity index is 68.0. The van der Waals surface area contributed by atoms with E-state index in [9.17, 15) is 0 Å². The molecule has 5 N–H and O–H groups in total. The fourth-order valence-corrected chi connectivity index (χ4v) is 1.13. The molecule has 62 valence electrons. The molecule has 0 atom stereocenters. The Balaban J connectivity index is 2.77. The summed E-state index contributed by atoms with van der Waals surface area (Å²) in [4.78, 5) is 0. The summed E-state index contributed by atoms with van der Waals surface area (Å²) in [6.07, 6.45) is -0.216. The monoisotopic (exact) mass is 163 g/mol. The van der Waals surface area contributed by atoms with Gasteiger partial charge in [-0.25, -0.2) is 0 Å². The Labute approximate surface area is 66.9 Å². The van der Waals surface area contributed by atoms with Crippen LogP contribution in [0.5, 0.6) is 0 Å². The van der Waals surface area contributed by atoms with Crippen LogP contribution in [0, 0.1) is 0 Å². The molecule has 0 fully saturated rings. The fraction of sp³-hybridized carbons (Fsp3) is 1.00. The molecule has 0 aromatic carbocycles. The minimum absolute atomic E-state index is 0.216. The van der Waals surface area contributed by atoms with E-state index in [1.54, 1.807) is 0 Å². The van der Waals surface area contributed by atoms with Crippen LogP contribution in [-0.2, 0) is 0 Å². The lowest BCUT2D eigenvalue weighted by molar-refractivity contribution is 0.610. The molecule has 0 aromatic rings. The van der Waals surface area contributed by atoms with Crippen LogP contribution in [0.1, 0.15) is 6.92 Å². The van der Waals surface area contributed by atoms with Crippen LogP contribution in [0.25, 0.3) is 0 Å². The third kappa shape index (κ3) is 8.23. The van der Waals surface area contributed by atoms with Crippen LogP contribution in [0.3, 0.4) is 0 Å². The normalized spacial score (nSPS) is 10.8. The number of thioether (sulfide) groups is 1. The first-order valence-electron chi connectivity index (χ1n) is 3.57. The Kier molecular flexibility index (Phi) is 7.51. The van der Waals surface area contributed by atoms with Gasteiger partial charge in [0.2, 0.25) is 0 Å². The maximum absolute atomic E-state index is 5.32. The average Bonchev–Trinajstić information content (AvgIpc) is 1.87. The molecule has 0 radical (unpaired) electrons. The van der Waals surface area contributed by atoms with Crippen LogP contribution in [0.2, 0.25) is 0 Å². The lowest BCUT2D eigenvalue weighted by Crippen LogP contribution is -2.41. The first-order chi connectivity index (χ1) is 4.77. The summed E-state index contributed by atoms with van der Waals surface area (Å²) in [6.45, 7) is 3.87. The van der Waals surface area contributed by atoms with Gasteiger partial charge in [-0.05, 0) is 5.75 Å². The molecule has 0 aliphatic carbocycles. The minimum atomic E-state index is -0.216. The molecule has 4 heteroatoms. The van der Waals surface area contributed by atoms with Crippen LogP contribution >= 0.6 is 11.8 Å². The van der Waals surface area contributed by atoms with Crippen molar-refractivity contribution in [1.82, 2.24) is 5.32 Å². The number of nitrogens with one attached hydrogen (secondary N) is 1. The highest BCUT2D eigenvalue weighted by Gasteiger charge is 1.91. The van der Waals surface area contributed by atoms with Crippen molar-refractivity contribution in [2.75, 3.05) is 24.6 Å². The SMILES string of the molecule is CCSCCNCC(N)N. The highest BCUT2D eigenvalue weighted by molar-refractivity contribution is 7.99. The zero-order valence-corrected chi connectivity index (χ0v) is 7.29. The van der Waals surface area contributed by atoms with E-state index in [-0.39, 0.29) is 6.17 Å². The summed E-state index contributed by atoms with van der Waals surface area (Å²) < 4.78 is 0. The van der Waals surface area contributed by atoms with Crippen molar-refractivity contribution in [2.45, 2.75) is 13.1 Å². The van der Waals surface area contributed by atoms with E-state index >= 15 is 0 Å². The van der Waals surface area contributed by atoms with Gasteiger partial charge >= 0.3 is 0 Å². The van der Waals surface area contributed by atoms with Crippen molar-refractivity contribution < 1.29 is 0 Å². The first kappa shape index (κ1) is 10.2. The van der Waals surface area contributed by atoms with E-state index in [2.05, 4.69) is 12.2 Å². The average molecular weight is 163 g/mol. The second-order valence-electron chi connectivity index (χ2n) is 2.06. The zero-order chi connectivity index (χ0) is 7.82. The Morgan fingerprint density at radius 2 is 2.20 bits per heavy atom. The second kappa shape index (κ2) is 7.34. The molecule has 0 amide bonds. The molecule has 0 aliphatic rings. The van der Waals surface area contributed by atoms with Crippen LogP contribution < -0.4 is 16.8 Å². The molecular weight excluding hydrogens is 146 g/mol. The van der Waals surface area contributed by atoms with Gasteiger partial charge in [-0.3, -0.25) is 0 Å². The quantitative estimate of drug-likeness (QED) is 0.367. The molecule has 0 spiro atoms. The zero-order valence-electron chi connectivity index (χ0n) is 6.47. The minimum Gasteiger partial charge on any atom is -0.315 e. The third-order valence-corrected chi connectivity index (χ3v) is 1.91. The highest BCUT2D eigenvalue weighted by Crippen LogP contribution is 1.94. The molecule has 0 rings (SSSR count). The summed E-state index contributed by atoms with van der Waals surface area (Å²) in [6, 6.07) is 0. The van der Waals surface area contributed by atoms with Crippen molar-refractivity contribution in [3.05, 3.63) is 0 Å². The van der Waals surface area contributed by atoms with Gasteiger partial charge in [0.05, 0.1) is 6.17 Å². The molecule has 3 nitrogen and oxygen atoms in total. The van der Waals surface area contributed by atoms with E-state index in [0.717, 1.165) is 12.3 Å². The maximum atomic E-state index is 5.32. The summed E-state index contributed by atoms with van der Waals surface area (Å²) in [5.41, 5.74) is 10.6. The fourth-order valence-electron chi connectivity index (χ4n) is 0.557. The molecular formula is C6H17N3S. The summed E-state index contributed by atoms with van der Waals surface area (Å²) >= 11 is 1.92. The molecule has 0 bridgehead atoms. The first-order valence-corrected chi connectivity index (χ1v) is 4.72. The van der Waals surface area contributed by atoms with E-state index in [0.29, 0.717) is 6.54 Å². The van der Waals surface area contributed by atoms with Crippen molar-refractivity contribution in [3.8, 4) is 0 Å². The van der Waals surface area contributed by atoms with Crippen molar-refractivity contribution in [1.29, 1.82) is 0 Å². The molecule has 0 aromatic heterocycles. The molecule has 0 saturated heterocycles. The van der Waals surface area contributed by atoms with Gasteiger partial charge in [-0.15, -0.1) is 0 Å². The summed E-state index contributed by atoms with van der Waals surface area (Å²) in [5, 5.41) is 3.15. The maximum Gasteiger partial charge on any atom is 0.0649 e. The van der Waals surface area contributed by atoms with Gasteiger partial charge in [0.15, 0.2) is 0 Å². The lowest BCUT2D eigenvalue weighted by Gasteiger charge is -2.05. The van der Waals surface area contributed by atoms with Gasteiger partial charge in [-0.1, -0.05) is 6.92 Å². The van der Waals surface area contributed by atoms with E-state index in [1.807, 2.05) is 11.8 Å². The standard InChI is InChI=1S/C6H17N3S/c1-2-10-4-3-9-5-6(7)8/h6,9H,2-5,7-8H2,1H3. The number of hydrogen-bond acceptors (Lipinski definition) is 4. The van der Waals surface area contributed by atoms with E-state index < -0.39 is 0 Å². The molecule has 0 heterocycles. The Morgan fingerprint density at radius 1 is 1.50 bits per heavy atom. The predicted octanol–water partition coefficient (Wildman–Crippen LogP) is -0.427. The Hall–Kier alpha value is 0.230. The van der Waals surface area contributed by atoms with E-state index in [4.69, 9.17) is 11.5 Å². The van der Waals surface area contributed by atoms with Gasteiger partial charge in [0.25, 0.3) is 0 Å². The lowest BCUT2D eigenvalue weighted by atomic mass is 10.5. The highest BCUT2D eigenvalue weighted by atomic mass is 32.2. The van der Waals surface area contributed by atoms with Crippen molar-refractivity contribution in [3.63, 3.8) is 0 Å². The van der Waals surface area contributed by atoms with Gasteiger partial charge in [0.1, 0.15) is 0 Å². The van der Waals surface area contributed by atoms with Gasteiger partial charge in [-0.2, -0.15) is 11.8 Å². The van der Waals surface area contributed by atoms with Crippen LogP contribution in [0.15, 0.2) is 0 Å². The number of nitrogens with two attached hydrogens (primary N) is 2. The molecule has 10 heavy (non-hydrogen) atoms. The van der Waals surface area contributed by atoms with Gasteiger partial charge in [0, 0.05) is 18.8 Å². The van der Waals surface area contributed by atoms with Crippen molar-refractivity contribution in [2.24, 2.45) is 11.5 Å². The molecule has 0 saturated carbocycles. The van der Waals surface area contributed by atoms with Gasteiger partial charge < -0.3 is 16.8 Å². The number of rotatable bonds is 6. The molecule has 0 aliphatic heterocycles. The Morgan fingerprint density at radius 3 is 2.70 bits per heavy atom. The topological polar surface area (TPSA) is 64.1 Å².